The zero-order valence-electron chi connectivity index (χ0n) is 11.9. The Bertz CT molecular complexity index is 748. The molecule has 98 valence electrons. The van der Waals surface area contributed by atoms with E-state index in [-0.39, 0.29) is 5.54 Å². The maximum Gasteiger partial charge on any atom is 0.146 e. The van der Waals surface area contributed by atoms with E-state index in [2.05, 4.69) is 73.9 Å². The van der Waals surface area contributed by atoms with E-state index in [9.17, 15) is 0 Å². The first-order valence-electron chi connectivity index (χ1n) is 6.60. The third-order valence-corrected chi connectivity index (χ3v) is 3.18. The van der Waals surface area contributed by atoms with Crippen LogP contribution in [-0.2, 0) is 0 Å². The van der Waals surface area contributed by atoms with Crippen molar-refractivity contribution in [1.82, 2.24) is 9.38 Å². The van der Waals surface area contributed by atoms with Crippen molar-refractivity contribution in [3.05, 3.63) is 42.2 Å². The molecule has 0 spiro atoms. The van der Waals surface area contributed by atoms with Gasteiger partial charge in [0.05, 0.1) is 5.69 Å². The van der Waals surface area contributed by atoms with Crippen LogP contribution >= 0.6 is 0 Å². The number of benzene rings is 1. The van der Waals surface area contributed by atoms with Gasteiger partial charge in [0.25, 0.3) is 0 Å². The summed E-state index contributed by atoms with van der Waals surface area (Å²) in [5.74, 6) is 1.08. The lowest BCUT2D eigenvalue weighted by Gasteiger charge is -2.22. The molecule has 0 atom stereocenters. The molecular formula is C16H19N3. The van der Waals surface area contributed by atoms with Gasteiger partial charge in [-0.3, -0.25) is 4.40 Å². The Morgan fingerprint density at radius 2 is 1.84 bits per heavy atom. The highest BCUT2D eigenvalue weighted by Gasteiger charge is 2.16. The SMILES string of the molecule is Cc1nc2c3ccccc3ccn2c1NC(C)(C)C. The minimum Gasteiger partial charge on any atom is -0.365 e. The van der Waals surface area contributed by atoms with Gasteiger partial charge in [0.1, 0.15) is 11.5 Å². The quantitative estimate of drug-likeness (QED) is 0.710. The number of imidazole rings is 1. The molecule has 0 aliphatic rings. The first-order valence-corrected chi connectivity index (χ1v) is 6.60. The molecule has 0 aliphatic heterocycles. The number of pyridine rings is 1. The average molecular weight is 253 g/mol. The number of anilines is 1. The lowest BCUT2D eigenvalue weighted by Crippen LogP contribution is -2.27. The molecule has 0 aliphatic carbocycles. The lowest BCUT2D eigenvalue weighted by molar-refractivity contribution is 0.628. The minimum absolute atomic E-state index is 0.0202. The molecule has 19 heavy (non-hydrogen) atoms. The van der Waals surface area contributed by atoms with Crippen molar-refractivity contribution < 1.29 is 0 Å². The Kier molecular flexibility index (Phi) is 2.52. The Hall–Kier alpha value is -2.03. The first-order chi connectivity index (χ1) is 8.96. The van der Waals surface area contributed by atoms with E-state index < -0.39 is 0 Å². The van der Waals surface area contributed by atoms with Crippen LogP contribution in [0.3, 0.4) is 0 Å². The van der Waals surface area contributed by atoms with Crippen LogP contribution in [0.25, 0.3) is 16.4 Å². The van der Waals surface area contributed by atoms with E-state index in [0.717, 1.165) is 17.2 Å². The lowest BCUT2D eigenvalue weighted by atomic mass is 10.1. The highest BCUT2D eigenvalue weighted by Crippen LogP contribution is 2.26. The molecule has 0 radical (unpaired) electrons. The fraction of sp³-hybridized carbons (Fsp3) is 0.312. The molecule has 0 amide bonds. The van der Waals surface area contributed by atoms with Gasteiger partial charge < -0.3 is 5.32 Å². The predicted octanol–water partition coefficient (Wildman–Crippen LogP) is 4.01. The van der Waals surface area contributed by atoms with Gasteiger partial charge in [-0.15, -0.1) is 0 Å². The maximum atomic E-state index is 4.73. The van der Waals surface area contributed by atoms with Crippen LogP contribution in [0.4, 0.5) is 5.82 Å². The molecule has 0 bridgehead atoms. The third-order valence-electron chi connectivity index (χ3n) is 3.18. The van der Waals surface area contributed by atoms with E-state index >= 15 is 0 Å². The van der Waals surface area contributed by atoms with Crippen molar-refractivity contribution >= 4 is 22.2 Å². The van der Waals surface area contributed by atoms with Gasteiger partial charge in [0.15, 0.2) is 0 Å². The molecule has 0 saturated carbocycles. The van der Waals surface area contributed by atoms with Crippen molar-refractivity contribution in [2.75, 3.05) is 5.32 Å². The molecule has 1 aromatic carbocycles. The van der Waals surface area contributed by atoms with Gasteiger partial charge in [0.2, 0.25) is 0 Å². The molecule has 2 aromatic heterocycles. The predicted molar refractivity (Wildman–Crippen MR) is 80.8 cm³/mol. The number of aromatic nitrogens is 2. The van der Waals surface area contributed by atoms with Crippen molar-refractivity contribution in [3.8, 4) is 0 Å². The number of rotatable bonds is 1. The number of fused-ring (bicyclic) bond motifs is 3. The third kappa shape index (κ3) is 2.05. The summed E-state index contributed by atoms with van der Waals surface area (Å²) >= 11 is 0. The number of aryl methyl sites for hydroxylation is 1. The van der Waals surface area contributed by atoms with Crippen LogP contribution in [0.5, 0.6) is 0 Å². The zero-order chi connectivity index (χ0) is 13.6. The normalized spacial score (nSPS) is 12.2. The van der Waals surface area contributed by atoms with E-state index in [0.29, 0.717) is 0 Å². The van der Waals surface area contributed by atoms with Crippen LogP contribution in [0, 0.1) is 6.92 Å². The summed E-state index contributed by atoms with van der Waals surface area (Å²) in [6.07, 6.45) is 2.09. The van der Waals surface area contributed by atoms with E-state index in [1.165, 1.54) is 10.8 Å². The zero-order valence-corrected chi connectivity index (χ0v) is 11.9. The summed E-state index contributed by atoms with van der Waals surface area (Å²) in [6, 6.07) is 10.5. The van der Waals surface area contributed by atoms with Crippen LogP contribution < -0.4 is 5.32 Å². The Morgan fingerprint density at radius 1 is 1.11 bits per heavy atom. The van der Waals surface area contributed by atoms with Gasteiger partial charge in [-0.2, -0.15) is 0 Å². The van der Waals surface area contributed by atoms with Gasteiger partial charge in [-0.25, -0.2) is 4.98 Å². The number of hydrogen-bond donors (Lipinski definition) is 1. The molecule has 1 N–H and O–H groups in total. The minimum atomic E-state index is 0.0202. The topological polar surface area (TPSA) is 29.3 Å². The monoisotopic (exact) mass is 253 g/mol. The molecule has 3 aromatic rings. The molecule has 3 heteroatoms. The van der Waals surface area contributed by atoms with Crippen molar-refractivity contribution in [2.45, 2.75) is 33.2 Å². The van der Waals surface area contributed by atoms with E-state index in [1.807, 2.05) is 0 Å². The van der Waals surface area contributed by atoms with Gasteiger partial charge in [-0.05, 0) is 39.1 Å². The second-order valence-corrected chi connectivity index (χ2v) is 6.02. The molecule has 0 unspecified atom stereocenters. The second kappa shape index (κ2) is 3.98. The van der Waals surface area contributed by atoms with E-state index in [1.54, 1.807) is 0 Å². The molecule has 3 rings (SSSR count). The summed E-state index contributed by atoms with van der Waals surface area (Å²) in [5.41, 5.74) is 2.07. The second-order valence-electron chi connectivity index (χ2n) is 6.02. The van der Waals surface area contributed by atoms with Gasteiger partial charge >= 0.3 is 0 Å². The van der Waals surface area contributed by atoms with Crippen molar-refractivity contribution in [1.29, 1.82) is 0 Å². The largest absolute Gasteiger partial charge is 0.365 e. The smallest absolute Gasteiger partial charge is 0.146 e. The highest BCUT2D eigenvalue weighted by molar-refractivity contribution is 5.94. The van der Waals surface area contributed by atoms with Crippen molar-refractivity contribution in [2.24, 2.45) is 0 Å². The first kappa shape index (κ1) is 12.0. The van der Waals surface area contributed by atoms with Gasteiger partial charge in [-0.1, -0.05) is 24.3 Å². The number of nitrogens with one attached hydrogen (secondary N) is 1. The summed E-state index contributed by atoms with van der Waals surface area (Å²) in [5, 5.41) is 5.95. The summed E-state index contributed by atoms with van der Waals surface area (Å²) in [7, 11) is 0. The van der Waals surface area contributed by atoms with Crippen molar-refractivity contribution in [3.63, 3.8) is 0 Å². The number of hydrogen-bond acceptors (Lipinski definition) is 2. The standard InChI is InChI=1S/C16H19N3/c1-11-14(18-16(2,3)4)19-10-9-12-7-5-6-8-13(12)15(19)17-11/h5-10,18H,1-4H3. The average Bonchev–Trinajstić information content (AvgIpc) is 2.65. The van der Waals surface area contributed by atoms with Crippen LogP contribution in [0.1, 0.15) is 26.5 Å². The molecular weight excluding hydrogens is 234 g/mol. The summed E-state index contributed by atoms with van der Waals surface area (Å²) < 4.78 is 2.14. The molecule has 0 fully saturated rings. The Balaban J connectivity index is 2.30. The fourth-order valence-corrected chi connectivity index (χ4v) is 2.39. The summed E-state index contributed by atoms with van der Waals surface area (Å²) in [4.78, 5) is 4.73. The van der Waals surface area contributed by atoms with E-state index in [4.69, 9.17) is 4.98 Å². The van der Waals surface area contributed by atoms with Crippen LogP contribution in [-0.4, -0.2) is 14.9 Å². The molecule has 2 heterocycles. The highest BCUT2D eigenvalue weighted by atomic mass is 15.2. The Labute approximate surface area is 113 Å². The molecule has 0 saturated heterocycles. The van der Waals surface area contributed by atoms with Gasteiger partial charge in [0, 0.05) is 17.1 Å². The number of nitrogens with zero attached hydrogens (tertiary/aromatic N) is 2. The Morgan fingerprint density at radius 3 is 2.58 bits per heavy atom. The molecule has 3 nitrogen and oxygen atoms in total. The van der Waals surface area contributed by atoms with Crippen LogP contribution in [0.2, 0.25) is 0 Å². The maximum absolute atomic E-state index is 4.73. The summed E-state index contributed by atoms with van der Waals surface area (Å²) in [6.45, 7) is 8.53. The fourth-order valence-electron chi connectivity index (χ4n) is 2.39. The van der Waals surface area contributed by atoms with Crippen LogP contribution in [0.15, 0.2) is 36.5 Å².